The molecule has 0 spiro atoms. The number of nitriles is 1. The van der Waals surface area contributed by atoms with Crippen molar-refractivity contribution in [3.05, 3.63) is 90.0 Å². The number of ether oxygens (including phenoxy) is 2. The number of amides is 1. The van der Waals surface area contributed by atoms with Crippen LogP contribution in [0.4, 0.5) is 5.69 Å². The average molecular weight is 358 g/mol. The van der Waals surface area contributed by atoms with Crippen molar-refractivity contribution in [3.8, 4) is 17.6 Å². The molecule has 3 aromatic rings. The van der Waals surface area contributed by atoms with Gasteiger partial charge in [0.1, 0.15) is 24.7 Å². The first-order valence-electron chi connectivity index (χ1n) is 8.47. The first kappa shape index (κ1) is 18.0. The fraction of sp³-hybridized carbons (Fsp3) is 0.0909. The molecule has 0 unspecified atom stereocenters. The maximum atomic E-state index is 12.4. The molecule has 0 bridgehead atoms. The Kier molecular flexibility index (Phi) is 6.05. The Morgan fingerprint density at radius 3 is 2.33 bits per heavy atom. The van der Waals surface area contributed by atoms with Crippen LogP contribution in [0, 0.1) is 11.3 Å². The zero-order chi connectivity index (χ0) is 18.9. The van der Waals surface area contributed by atoms with E-state index in [4.69, 9.17) is 14.7 Å². The Labute approximate surface area is 157 Å². The van der Waals surface area contributed by atoms with Gasteiger partial charge in [0, 0.05) is 11.3 Å². The largest absolute Gasteiger partial charge is 0.490 e. The van der Waals surface area contributed by atoms with Crippen LogP contribution in [-0.2, 0) is 0 Å². The second-order valence-electron chi connectivity index (χ2n) is 5.68. The van der Waals surface area contributed by atoms with E-state index in [0.29, 0.717) is 35.8 Å². The van der Waals surface area contributed by atoms with Gasteiger partial charge < -0.3 is 14.8 Å². The minimum atomic E-state index is -0.268. The van der Waals surface area contributed by atoms with Crippen molar-refractivity contribution in [2.45, 2.75) is 0 Å². The molecule has 0 atom stereocenters. The van der Waals surface area contributed by atoms with E-state index < -0.39 is 0 Å². The van der Waals surface area contributed by atoms with Crippen molar-refractivity contribution in [2.75, 3.05) is 18.5 Å². The highest BCUT2D eigenvalue weighted by Gasteiger charge is 2.08. The summed E-state index contributed by atoms with van der Waals surface area (Å²) >= 11 is 0. The number of nitrogens with zero attached hydrogens (tertiary/aromatic N) is 1. The van der Waals surface area contributed by atoms with Crippen LogP contribution in [0.3, 0.4) is 0 Å². The van der Waals surface area contributed by atoms with Gasteiger partial charge in [0.05, 0.1) is 11.6 Å². The van der Waals surface area contributed by atoms with Crippen LogP contribution < -0.4 is 14.8 Å². The minimum Gasteiger partial charge on any atom is -0.490 e. The first-order chi connectivity index (χ1) is 13.2. The van der Waals surface area contributed by atoms with Crippen LogP contribution in [0.1, 0.15) is 15.9 Å². The fourth-order valence-corrected chi connectivity index (χ4v) is 2.43. The third kappa shape index (κ3) is 5.35. The molecule has 0 saturated heterocycles. The smallest absolute Gasteiger partial charge is 0.255 e. The van der Waals surface area contributed by atoms with E-state index in [0.717, 1.165) is 5.75 Å². The van der Waals surface area contributed by atoms with Crippen LogP contribution in [0.5, 0.6) is 11.5 Å². The van der Waals surface area contributed by atoms with Crippen molar-refractivity contribution in [1.29, 1.82) is 5.26 Å². The van der Waals surface area contributed by atoms with Gasteiger partial charge in [-0.2, -0.15) is 5.26 Å². The zero-order valence-electron chi connectivity index (χ0n) is 14.6. The lowest BCUT2D eigenvalue weighted by atomic mass is 10.2. The molecule has 0 radical (unpaired) electrons. The van der Waals surface area contributed by atoms with E-state index in [1.54, 1.807) is 48.5 Å². The Morgan fingerprint density at radius 2 is 1.56 bits per heavy atom. The summed E-state index contributed by atoms with van der Waals surface area (Å²) in [7, 11) is 0. The summed E-state index contributed by atoms with van der Waals surface area (Å²) in [6.45, 7) is 0.769. The number of rotatable bonds is 7. The molecular weight excluding hydrogens is 340 g/mol. The molecule has 3 aromatic carbocycles. The molecule has 1 N–H and O–H groups in total. The van der Waals surface area contributed by atoms with E-state index in [2.05, 4.69) is 5.32 Å². The van der Waals surface area contributed by atoms with Gasteiger partial charge in [-0.25, -0.2) is 0 Å². The molecule has 0 fully saturated rings. The number of hydrogen-bond donors (Lipinski definition) is 1. The topological polar surface area (TPSA) is 71.4 Å². The Morgan fingerprint density at radius 1 is 0.852 bits per heavy atom. The highest BCUT2D eigenvalue weighted by atomic mass is 16.5. The highest BCUT2D eigenvalue weighted by molar-refractivity contribution is 6.04. The summed E-state index contributed by atoms with van der Waals surface area (Å²) in [5.41, 5.74) is 1.53. The summed E-state index contributed by atoms with van der Waals surface area (Å²) in [4.78, 5) is 12.4. The van der Waals surface area contributed by atoms with E-state index in [-0.39, 0.29) is 5.91 Å². The normalized spacial score (nSPS) is 9.89. The predicted octanol–water partition coefficient (Wildman–Crippen LogP) is 4.27. The molecule has 0 aliphatic rings. The molecule has 0 aliphatic heterocycles. The fourth-order valence-electron chi connectivity index (χ4n) is 2.43. The molecule has 3 rings (SSSR count). The number of benzene rings is 3. The number of para-hydroxylation sites is 1. The van der Waals surface area contributed by atoms with Gasteiger partial charge in [0.25, 0.3) is 5.91 Å². The number of hydrogen-bond acceptors (Lipinski definition) is 4. The average Bonchev–Trinajstić information content (AvgIpc) is 2.72. The van der Waals surface area contributed by atoms with Crippen LogP contribution in [0.15, 0.2) is 78.9 Å². The number of carbonyl (C=O) groups is 1. The van der Waals surface area contributed by atoms with Crippen molar-refractivity contribution in [1.82, 2.24) is 0 Å². The van der Waals surface area contributed by atoms with Crippen molar-refractivity contribution in [3.63, 3.8) is 0 Å². The lowest BCUT2D eigenvalue weighted by Gasteiger charge is -2.10. The van der Waals surface area contributed by atoms with Gasteiger partial charge >= 0.3 is 0 Å². The number of nitrogens with one attached hydrogen (secondary N) is 1. The van der Waals surface area contributed by atoms with Gasteiger partial charge in [-0.15, -0.1) is 0 Å². The predicted molar refractivity (Wildman–Crippen MR) is 103 cm³/mol. The van der Waals surface area contributed by atoms with Crippen molar-refractivity contribution >= 4 is 11.6 Å². The lowest BCUT2D eigenvalue weighted by molar-refractivity contribution is 0.102. The van der Waals surface area contributed by atoms with E-state index in [1.165, 1.54) is 0 Å². The summed E-state index contributed by atoms with van der Waals surface area (Å²) in [6, 6.07) is 25.2. The zero-order valence-corrected chi connectivity index (χ0v) is 14.6. The molecule has 5 heteroatoms. The van der Waals surface area contributed by atoms with Crippen LogP contribution in [0.2, 0.25) is 0 Å². The Hall–Kier alpha value is -3.78. The number of anilines is 1. The Bertz CT molecular complexity index is 949. The minimum absolute atomic E-state index is 0.268. The second-order valence-corrected chi connectivity index (χ2v) is 5.68. The molecule has 0 aromatic heterocycles. The highest BCUT2D eigenvalue weighted by Crippen LogP contribution is 2.16. The van der Waals surface area contributed by atoms with E-state index in [9.17, 15) is 4.79 Å². The molecule has 1 amide bonds. The molecule has 0 heterocycles. The quantitative estimate of drug-likeness (QED) is 0.640. The van der Waals surface area contributed by atoms with Gasteiger partial charge in [-0.3, -0.25) is 4.79 Å². The maximum absolute atomic E-state index is 12.4. The summed E-state index contributed by atoms with van der Waals surface area (Å²) in [6.07, 6.45) is 0. The summed E-state index contributed by atoms with van der Waals surface area (Å²) < 4.78 is 11.2. The lowest BCUT2D eigenvalue weighted by Crippen LogP contribution is -2.13. The monoisotopic (exact) mass is 358 g/mol. The second kappa shape index (κ2) is 9.07. The molecule has 5 nitrogen and oxygen atoms in total. The first-order valence-corrected chi connectivity index (χ1v) is 8.47. The molecule has 0 saturated carbocycles. The van der Waals surface area contributed by atoms with E-state index in [1.807, 2.05) is 36.4 Å². The molecule has 134 valence electrons. The third-order valence-electron chi connectivity index (χ3n) is 3.71. The van der Waals surface area contributed by atoms with Gasteiger partial charge in [-0.05, 0) is 48.5 Å². The van der Waals surface area contributed by atoms with Crippen molar-refractivity contribution < 1.29 is 14.3 Å². The summed E-state index contributed by atoms with van der Waals surface area (Å²) in [5.74, 6) is 1.11. The summed E-state index contributed by atoms with van der Waals surface area (Å²) in [5, 5.41) is 11.7. The van der Waals surface area contributed by atoms with E-state index >= 15 is 0 Å². The molecule has 0 aliphatic carbocycles. The standard InChI is InChI=1S/C22H18N2O3/c23-16-17-6-4-8-19(14-17)24-22(25)18-7-5-11-21(15-18)27-13-12-26-20-9-2-1-3-10-20/h1-11,14-15H,12-13H2,(H,24,25). The van der Waals surface area contributed by atoms with Crippen molar-refractivity contribution in [2.24, 2.45) is 0 Å². The molecular formula is C22H18N2O3. The van der Waals surface area contributed by atoms with Gasteiger partial charge in [-0.1, -0.05) is 30.3 Å². The number of carbonyl (C=O) groups excluding carboxylic acids is 1. The third-order valence-corrected chi connectivity index (χ3v) is 3.71. The van der Waals surface area contributed by atoms with Gasteiger partial charge in [0.15, 0.2) is 0 Å². The van der Waals surface area contributed by atoms with Crippen LogP contribution >= 0.6 is 0 Å². The van der Waals surface area contributed by atoms with Crippen LogP contribution in [-0.4, -0.2) is 19.1 Å². The Balaban J connectivity index is 1.54. The molecule has 27 heavy (non-hydrogen) atoms. The van der Waals surface area contributed by atoms with Crippen LogP contribution in [0.25, 0.3) is 0 Å². The van der Waals surface area contributed by atoms with Gasteiger partial charge in [0.2, 0.25) is 0 Å². The SMILES string of the molecule is N#Cc1cccc(NC(=O)c2cccc(OCCOc3ccccc3)c2)c1. The maximum Gasteiger partial charge on any atom is 0.255 e.